The lowest BCUT2D eigenvalue weighted by molar-refractivity contribution is -0.137. The summed E-state index contributed by atoms with van der Waals surface area (Å²) < 4.78 is 37.8. The van der Waals surface area contributed by atoms with Gasteiger partial charge in [0.25, 0.3) is 0 Å². The monoisotopic (exact) mass is 319 g/mol. The third-order valence-corrected chi connectivity index (χ3v) is 4.55. The van der Waals surface area contributed by atoms with Gasteiger partial charge in [0.05, 0.1) is 16.1 Å². The van der Waals surface area contributed by atoms with Gasteiger partial charge in [-0.05, 0) is 24.6 Å². The van der Waals surface area contributed by atoms with Crippen molar-refractivity contribution in [1.82, 2.24) is 4.98 Å². The van der Waals surface area contributed by atoms with Gasteiger partial charge < -0.3 is 0 Å². The maximum atomic E-state index is 12.6. The first-order valence-corrected chi connectivity index (χ1v) is 7.47. The zero-order valence-electron chi connectivity index (χ0n) is 11.7. The fourth-order valence-corrected chi connectivity index (χ4v) is 3.26. The number of hydrogen-bond acceptors (Lipinski definition) is 2. The van der Waals surface area contributed by atoms with E-state index in [1.165, 1.54) is 23.5 Å². The molecule has 0 radical (unpaired) electrons. The van der Waals surface area contributed by atoms with Crippen LogP contribution in [-0.2, 0) is 6.18 Å². The average molecular weight is 319 g/mol. The van der Waals surface area contributed by atoms with Gasteiger partial charge in [0, 0.05) is 5.56 Å². The van der Waals surface area contributed by atoms with Crippen LogP contribution in [0.25, 0.3) is 21.0 Å². The van der Waals surface area contributed by atoms with Crippen LogP contribution in [0.5, 0.6) is 0 Å². The lowest BCUT2D eigenvalue weighted by Gasteiger charge is -2.06. The second kappa shape index (κ2) is 5.57. The molecule has 0 N–H and O–H groups in total. The van der Waals surface area contributed by atoms with E-state index in [1.807, 2.05) is 37.3 Å². The van der Waals surface area contributed by atoms with E-state index in [4.69, 9.17) is 0 Å². The number of nitrogens with zero attached hydrogens (tertiary/aromatic N) is 1. The van der Waals surface area contributed by atoms with E-state index in [2.05, 4.69) is 4.98 Å². The Morgan fingerprint density at radius 1 is 0.864 bits per heavy atom. The number of hydrogen-bond donors (Lipinski definition) is 0. The average Bonchev–Trinajstić information content (AvgIpc) is 2.89. The molecule has 0 aliphatic rings. The van der Waals surface area contributed by atoms with Crippen molar-refractivity contribution in [3.63, 3.8) is 0 Å². The zero-order chi connectivity index (χ0) is 15.7. The first kappa shape index (κ1) is 14.8. The maximum Gasteiger partial charge on any atom is 0.416 e. The SMILES string of the molecule is Cc1nc(-c2ccc(C(F)(F)F)cc2)sc1-c1ccccc1. The maximum absolute atomic E-state index is 12.6. The van der Waals surface area contributed by atoms with Crippen LogP contribution in [0, 0.1) is 6.92 Å². The Morgan fingerprint density at radius 3 is 2.09 bits per heavy atom. The summed E-state index contributed by atoms with van der Waals surface area (Å²) in [5.74, 6) is 0. The van der Waals surface area contributed by atoms with E-state index in [1.54, 1.807) is 0 Å². The molecule has 0 spiro atoms. The van der Waals surface area contributed by atoms with Crippen molar-refractivity contribution in [3.05, 3.63) is 65.9 Å². The van der Waals surface area contributed by atoms with E-state index >= 15 is 0 Å². The van der Waals surface area contributed by atoms with E-state index < -0.39 is 11.7 Å². The van der Waals surface area contributed by atoms with Crippen LogP contribution < -0.4 is 0 Å². The topological polar surface area (TPSA) is 12.9 Å². The lowest BCUT2D eigenvalue weighted by atomic mass is 10.1. The predicted octanol–water partition coefficient (Wildman–Crippen LogP) is 5.80. The molecule has 5 heteroatoms. The van der Waals surface area contributed by atoms with Gasteiger partial charge in [0.1, 0.15) is 5.01 Å². The van der Waals surface area contributed by atoms with Gasteiger partial charge in [-0.15, -0.1) is 11.3 Å². The van der Waals surface area contributed by atoms with Gasteiger partial charge in [-0.1, -0.05) is 42.5 Å². The number of rotatable bonds is 2. The minimum atomic E-state index is -4.31. The molecule has 1 nitrogen and oxygen atoms in total. The van der Waals surface area contributed by atoms with E-state index in [-0.39, 0.29) is 0 Å². The largest absolute Gasteiger partial charge is 0.416 e. The number of aryl methyl sites for hydroxylation is 1. The third kappa shape index (κ3) is 2.90. The second-order valence-corrected chi connectivity index (χ2v) is 5.87. The Kier molecular flexibility index (Phi) is 3.74. The first-order chi connectivity index (χ1) is 10.4. The molecule has 0 unspecified atom stereocenters. The Morgan fingerprint density at radius 2 is 1.50 bits per heavy atom. The summed E-state index contributed by atoms with van der Waals surface area (Å²) in [4.78, 5) is 5.52. The van der Waals surface area contributed by atoms with Crippen LogP contribution in [0.2, 0.25) is 0 Å². The van der Waals surface area contributed by atoms with Crippen molar-refractivity contribution < 1.29 is 13.2 Å². The number of thiazole rings is 1. The van der Waals surface area contributed by atoms with Gasteiger partial charge in [0.15, 0.2) is 0 Å². The summed E-state index contributed by atoms with van der Waals surface area (Å²) >= 11 is 1.49. The molecule has 1 aromatic heterocycles. The fourth-order valence-electron chi connectivity index (χ4n) is 2.18. The molecule has 0 saturated heterocycles. The highest BCUT2D eigenvalue weighted by atomic mass is 32.1. The Balaban J connectivity index is 1.97. The molecule has 0 aliphatic carbocycles. The number of alkyl halides is 3. The van der Waals surface area contributed by atoms with Crippen LogP contribution in [0.3, 0.4) is 0 Å². The molecule has 0 amide bonds. The summed E-state index contributed by atoms with van der Waals surface area (Å²) in [6.45, 7) is 1.91. The Bertz CT molecular complexity index is 774. The molecule has 0 bridgehead atoms. The van der Waals surface area contributed by atoms with Gasteiger partial charge >= 0.3 is 6.18 Å². The lowest BCUT2D eigenvalue weighted by Crippen LogP contribution is -2.03. The summed E-state index contributed by atoms with van der Waals surface area (Å²) in [5.41, 5.74) is 2.00. The quantitative estimate of drug-likeness (QED) is 0.581. The molecule has 0 atom stereocenters. The Labute approximate surface area is 130 Å². The van der Waals surface area contributed by atoms with Gasteiger partial charge in [-0.2, -0.15) is 13.2 Å². The molecule has 112 valence electrons. The molecular formula is C17H12F3NS. The smallest absolute Gasteiger partial charge is 0.241 e. The van der Waals surface area contributed by atoms with Gasteiger partial charge in [-0.25, -0.2) is 4.98 Å². The third-order valence-electron chi connectivity index (χ3n) is 3.29. The van der Waals surface area contributed by atoms with Crippen molar-refractivity contribution in [3.8, 4) is 21.0 Å². The van der Waals surface area contributed by atoms with Crippen molar-refractivity contribution in [1.29, 1.82) is 0 Å². The molecule has 3 aromatic rings. The van der Waals surface area contributed by atoms with Crippen molar-refractivity contribution in [2.75, 3.05) is 0 Å². The summed E-state index contributed by atoms with van der Waals surface area (Å²) in [6.07, 6.45) is -4.31. The molecule has 0 fully saturated rings. The zero-order valence-corrected chi connectivity index (χ0v) is 12.5. The normalized spacial score (nSPS) is 11.6. The Hall–Kier alpha value is -2.14. The molecule has 2 aromatic carbocycles. The summed E-state index contributed by atoms with van der Waals surface area (Å²) in [7, 11) is 0. The fraction of sp³-hybridized carbons (Fsp3) is 0.118. The number of halogens is 3. The van der Waals surface area contributed by atoms with E-state index in [0.717, 1.165) is 33.3 Å². The standard InChI is InChI=1S/C17H12F3NS/c1-11-15(12-5-3-2-4-6-12)22-16(21-11)13-7-9-14(10-8-13)17(18,19)20/h2-10H,1H3. The molecule has 1 heterocycles. The van der Waals surface area contributed by atoms with Crippen LogP contribution in [-0.4, -0.2) is 4.98 Å². The van der Waals surface area contributed by atoms with Crippen LogP contribution in [0.15, 0.2) is 54.6 Å². The highest BCUT2D eigenvalue weighted by Crippen LogP contribution is 2.36. The minimum Gasteiger partial charge on any atom is -0.241 e. The summed E-state index contributed by atoms with van der Waals surface area (Å²) in [6, 6.07) is 15.0. The van der Waals surface area contributed by atoms with Crippen molar-refractivity contribution >= 4 is 11.3 Å². The summed E-state index contributed by atoms with van der Waals surface area (Å²) in [5, 5.41) is 0.727. The highest BCUT2D eigenvalue weighted by molar-refractivity contribution is 7.18. The molecule has 3 rings (SSSR count). The van der Waals surface area contributed by atoms with Crippen molar-refractivity contribution in [2.24, 2.45) is 0 Å². The van der Waals surface area contributed by atoms with Gasteiger partial charge in [0.2, 0.25) is 0 Å². The number of aromatic nitrogens is 1. The van der Waals surface area contributed by atoms with Crippen LogP contribution >= 0.6 is 11.3 Å². The predicted molar refractivity (Wildman–Crippen MR) is 82.7 cm³/mol. The highest BCUT2D eigenvalue weighted by Gasteiger charge is 2.30. The van der Waals surface area contributed by atoms with Crippen LogP contribution in [0.4, 0.5) is 13.2 Å². The molecule has 0 saturated carbocycles. The van der Waals surface area contributed by atoms with Crippen molar-refractivity contribution in [2.45, 2.75) is 13.1 Å². The first-order valence-electron chi connectivity index (χ1n) is 6.65. The minimum absolute atomic E-state index is 0.646. The molecular weight excluding hydrogens is 307 g/mol. The molecule has 0 aliphatic heterocycles. The van der Waals surface area contributed by atoms with E-state index in [9.17, 15) is 13.2 Å². The number of benzene rings is 2. The second-order valence-electron chi connectivity index (χ2n) is 4.87. The molecule has 22 heavy (non-hydrogen) atoms. The van der Waals surface area contributed by atoms with E-state index in [0.29, 0.717) is 5.56 Å². The van der Waals surface area contributed by atoms with Crippen LogP contribution in [0.1, 0.15) is 11.3 Å². The van der Waals surface area contributed by atoms with Gasteiger partial charge in [-0.3, -0.25) is 0 Å².